The Balaban J connectivity index is 2.41. The summed E-state index contributed by atoms with van der Waals surface area (Å²) in [5.41, 5.74) is 4.03. The van der Waals surface area contributed by atoms with Gasteiger partial charge in [-0.2, -0.15) is 0 Å². The molecule has 1 amide bonds. The number of anilines is 1. The highest BCUT2D eigenvalue weighted by atomic mass is 79.9. The van der Waals surface area contributed by atoms with Gasteiger partial charge in [-0.05, 0) is 52.3 Å². The highest BCUT2D eigenvalue weighted by molar-refractivity contribution is 9.10. The zero-order valence-electron chi connectivity index (χ0n) is 18.8. The van der Waals surface area contributed by atoms with Crippen LogP contribution in [0.15, 0.2) is 45.5 Å². The van der Waals surface area contributed by atoms with Gasteiger partial charge in [0.1, 0.15) is 27.9 Å². The SMILES string of the molecule is CCCC1=C(C(=O)OCC)C2(C(=O)Nc3ccc(Br)cc32)C(C(=O)OC(C)(C)C)=C(N)O1. The largest absolute Gasteiger partial charge is 0.462 e. The van der Waals surface area contributed by atoms with Gasteiger partial charge in [-0.15, -0.1) is 0 Å². The number of carbonyl (C=O) groups is 3. The van der Waals surface area contributed by atoms with Crippen molar-refractivity contribution in [2.75, 3.05) is 11.9 Å². The lowest BCUT2D eigenvalue weighted by atomic mass is 9.67. The van der Waals surface area contributed by atoms with Gasteiger partial charge >= 0.3 is 11.9 Å². The maximum atomic E-state index is 13.7. The van der Waals surface area contributed by atoms with Crippen LogP contribution in [-0.2, 0) is 34.0 Å². The van der Waals surface area contributed by atoms with Gasteiger partial charge in [-0.3, -0.25) is 4.79 Å². The summed E-state index contributed by atoms with van der Waals surface area (Å²) in [5, 5.41) is 2.79. The van der Waals surface area contributed by atoms with Gasteiger partial charge < -0.3 is 25.3 Å². The van der Waals surface area contributed by atoms with Crippen molar-refractivity contribution in [2.24, 2.45) is 5.73 Å². The lowest BCUT2D eigenvalue weighted by molar-refractivity contribution is -0.152. The summed E-state index contributed by atoms with van der Waals surface area (Å²) >= 11 is 3.42. The molecule has 3 rings (SSSR count). The van der Waals surface area contributed by atoms with E-state index >= 15 is 0 Å². The zero-order chi connectivity index (χ0) is 23.8. The fourth-order valence-electron chi connectivity index (χ4n) is 3.98. The summed E-state index contributed by atoms with van der Waals surface area (Å²) in [5.74, 6) is -2.30. The maximum Gasteiger partial charge on any atom is 0.341 e. The van der Waals surface area contributed by atoms with Crippen LogP contribution in [0.4, 0.5) is 5.69 Å². The van der Waals surface area contributed by atoms with Gasteiger partial charge in [0.2, 0.25) is 11.8 Å². The second-order valence-electron chi connectivity index (χ2n) is 8.51. The van der Waals surface area contributed by atoms with E-state index in [4.69, 9.17) is 19.9 Å². The topological polar surface area (TPSA) is 117 Å². The van der Waals surface area contributed by atoms with Crippen molar-refractivity contribution in [3.8, 4) is 0 Å². The number of carbonyl (C=O) groups excluding carboxylic acids is 3. The van der Waals surface area contributed by atoms with Crippen molar-refractivity contribution in [1.82, 2.24) is 0 Å². The van der Waals surface area contributed by atoms with E-state index in [1.54, 1.807) is 45.9 Å². The minimum Gasteiger partial charge on any atom is -0.462 e. The molecule has 0 saturated carbocycles. The number of fused-ring (bicyclic) bond motifs is 2. The molecule has 2 aliphatic heterocycles. The van der Waals surface area contributed by atoms with Gasteiger partial charge in [0, 0.05) is 22.1 Å². The molecular weight excluding hydrogens is 480 g/mol. The first-order chi connectivity index (χ1) is 15.0. The molecule has 1 aromatic carbocycles. The minimum atomic E-state index is -1.87. The van der Waals surface area contributed by atoms with Crippen LogP contribution in [0, 0.1) is 0 Å². The average Bonchev–Trinajstić information content (AvgIpc) is 2.93. The molecule has 8 nitrogen and oxygen atoms in total. The summed E-state index contributed by atoms with van der Waals surface area (Å²) < 4.78 is 17.3. The first-order valence-electron chi connectivity index (χ1n) is 10.4. The Labute approximate surface area is 195 Å². The summed E-state index contributed by atoms with van der Waals surface area (Å²) in [6.07, 6.45) is 0.922. The van der Waals surface area contributed by atoms with E-state index in [0.717, 1.165) is 0 Å². The highest BCUT2D eigenvalue weighted by Crippen LogP contribution is 2.53. The quantitative estimate of drug-likeness (QED) is 0.583. The van der Waals surface area contributed by atoms with Crippen molar-refractivity contribution < 1.29 is 28.6 Å². The number of nitrogens with two attached hydrogens (primary N) is 1. The molecule has 2 heterocycles. The molecule has 1 aromatic rings. The third-order valence-electron chi connectivity index (χ3n) is 5.04. The molecule has 1 spiro atoms. The van der Waals surface area contributed by atoms with Crippen LogP contribution in [0.2, 0.25) is 0 Å². The monoisotopic (exact) mass is 506 g/mol. The first-order valence-corrected chi connectivity index (χ1v) is 11.2. The van der Waals surface area contributed by atoms with E-state index in [-0.39, 0.29) is 29.4 Å². The summed E-state index contributed by atoms with van der Waals surface area (Å²) in [6.45, 7) is 8.72. The first kappa shape index (κ1) is 23.8. The number of benzene rings is 1. The lowest BCUT2D eigenvalue weighted by Crippen LogP contribution is -2.49. The van der Waals surface area contributed by atoms with E-state index in [2.05, 4.69) is 21.2 Å². The van der Waals surface area contributed by atoms with Gasteiger partial charge in [0.25, 0.3) is 0 Å². The molecule has 0 bridgehead atoms. The minimum absolute atomic E-state index is 0.0643. The van der Waals surface area contributed by atoms with Crippen molar-refractivity contribution in [2.45, 2.75) is 58.5 Å². The number of halogens is 1. The molecule has 32 heavy (non-hydrogen) atoms. The Kier molecular flexibility index (Phi) is 6.42. The number of nitrogens with one attached hydrogen (secondary N) is 1. The second-order valence-corrected chi connectivity index (χ2v) is 9.42. The normalized spacial score (nSPS) is 20.1. The molecule has 3 N–H and O–H groups in total. The van der Waals surface area contributed by atoms with Crippen LogP contribution in [0.25, 0.3) is 0 Å². The Morgan fingerprint density at radius 2 is 1.88 bits per heavy atom. The third-order valence-corrected chi connectivity index (χ3v) is 5.54. The molecule has 0 radical (unpaired) electrons. The van der Waals surface area contributed by atoms with Crippen LogP contribution < -0.4 is 11.1 Å². The van der Waals surface area contributed by atoms with Crippen LogP contribution in [0.1, 0.15) is 53.0 Å². The van der Waals surface area contributed by atoms with E-state index in [0.29, 0.717) is 28.6 Å². The lowest BCUT2D eigenvalue weighted by Gasteiger charge is -2.37. The molecular formula is C23H27BrN2O6. The van der Waals surface area contributed by atoms with Crippen molar-refractivity contribution in [1.29, 1.82) is 0 Å². The smallest absolute Gasteiger partial charge is 0.341 e. The fraction of sp³-hybridized carbons (Fsp3) is 0.435. The van der Waals surface area contributed by atoms with E-state index in [1.165, 1.54) is 0 Å². The molecule has 0 saturated heterocycles. The molecule has 1 atom stereocenters. The number of hydrogen-bond donors (Lipinski definition) is 2. The average molecular weight is 507 g/mol. The van der Waals surface area contributed by atoms with E-state index in [1.807, 2.05) is 6.92 Å². The highest BCUT2D eigenvalue weighted by Gasteiger charge is 2.62. The number of rotatable bonds is 5. The maximum absolute atomic E-state index is 13.7. The number of ether oxygens (including phenoxy) is 3. The third kappa shape index (κ3) is 3.90. The fourth-order valence-corrected chi connectivity index (χ4v) is 4.34. The molecule has 172 valence electrons. The Hall–Kier alpha value is -2.81. The molecule has 0 aromatic heterocycles. The second kappa shape index (κ2) is 8.61. The summed E-state index contributed by atoms with van der Waals surface area (Å²) in [7, 11) is 0. The number of esters is 2. The van der Waals surface area contributed by atoms with Gasteiger partial charge in [-0.1, -0.05) is 22.9 Å². The predicted molar refractivity (Wildman–Crippen MR) is 121 cm³/mol. The van der Waals surface area contributed by atoms with Crippen LogP contribution in [0.5, 0.6) is 0 Å². The number of allylic oxidation sites excluding steroid dienone is 1. The van der Waals surface area contributed by atoms with Crippen LogP contribution >= 0.6 is 15.9 Å². The number of amides is 1. The van der Waals surface area contributed by atoms with Crippen molar-refractivity contribution >= 4 is 39.5 Å². The zero-order valence-corrected chi connectivity index (χ0v) is 20.3. The van der Waals surface area contributed by atoms with Gasteiger partial charge in [0.15, 0.2) is 0 Å². The number of hydrogen-bond acceptors (Lipinski definition) is 7. The Bertz CT molecular complexity index is 1050. The Morgan fingerprint density at radius 1 is 1.19 bits per heavy atom. The van der Waals surface area contributed by atoms with Crippen molar-refractivity contribution in [3.05, 3.63) is 51.0 Å². The standard InChI is InChI=1S/C23H27BrN2O6/c1-6-8-15-16(19(27)30-7-2)23(13-11-12(24)9-10-14(13)26-21(23)29)17(18(25)31-15)20(28)32-22(3,4)5/h9-11H,6-8,25H2,1-5H3,(H,26,29). The van der Waals surface area contributed by atoms with E-state index < -0.39 is 28.9 Å². The molecule has 0 fully saturated rings. The van der Waals surface area contributed by atoms with Gasteiger partial charge in [0.05, 0.1) is 6.61 Å². The van der Waals surface area contributed by atoms with Crippen molar-refractivity contribution in [3.63, 3.8) is 0 Å². The summed E-state index contributed by atoms with van der Waals surface area (Å²) in [6, 6.07) is 5.12. The van der Waals surface area contributed by atoms with Crippen LogP contribution in [-0.4, -0.2) is 30.1 Å². The molecule has 2 aliphatic rings. The van der Waals surface area contributed by atoms with E-state index in [9.17, 15) is 14.4 Å². The summed E-state index contributed by atoms with van der Waals surface area (Å²) in [4.78, 5) is 40.4. The predicted octanol–water partition coefficient (Wildman–Crippen LogP) is 3.80. The van der Waals surface area contributed by atoms with Gasteiger partial charge in [-0.25, -0.2) is 9.59 Å². The van der Waals surface area contributed by atoms with Crippen LogP contribution in [0.3, 0.4) is 0 Å². The molecule has 9 heteroatoms. The molecule has 1 unspecified atom stereocenters. The molecule has 0 aliphatic carbocycles. The Morgan fingerprint density at radius 3 is 2.47 bits per heavy atom.